The van der Waals surface area contributed by atoms with Gasteiger partial charge in [-0.2, -0.15) is 13.2 Å². The molecule has 2 aromatic carbocycles. The SMILES string of the molecule is O=C(NNc1cc(C(F)(F)F)cc(-c2ccccc2)n1)c1cccc(Br)c1. The fraction of sp³-hybridized carbons (Fsp3) is 0.0526. The summed E-state index contributed by atoms with van der Waals surface area (Å²) in [6.07, 6.45) is -4.54. The van der Waals surface area contributed by atoms with Crippen LogP contribution in [0.25, 0.3) is 11.3 Å². The predicted octanol–water partition coefficient (Wildman–Crippen LogP) is 5.29. The predicted molar refractivity (Wildman–Crippen MR) is 99.9 cm³/mol. The van der Waals surface area contributed by atoms with Crippen LogP contribution in [0.15, 0.2) is 71.2 Å². The van der Waals surface area contributed by atoms with E-state index >= 15 is 0 Å². The van der Waals surface area contributed by atoms with Gasteiger partial charge in [0.2, 0.25) is 0 Å². The molecule has 3 aromatic rings. The van der Waals surface area contributed by atoms with E-state index in [1.54, 1.807) is 54.6 Å². The molecule has 0 aliphatic carbocycles. The standard InChI is InChI=1S/C19H13BrF3N3O/c20-15-8-4-7-13(9-15)18(27)26-25-17-11-14(19(21,22)23)10-16(24-17)12-5-2-1-3-6-12/h1-11H,(H,24,25)(H,26,27). The lowest BCUT2D eigenvalue weighted by Gasteiger charge is -2.13. The van der Waals surface area contributed by atoms with Crippen molar-refractivity contribution in [1.29, 1.82) is 0 Å². The van der Waals surface area contributed by atoms with E-state index in [1.807, 2.05) is 0 Å². The number of anilines is 1. The molecule has 4 nitrogen and oxygen atoms in total. The van der Waals surface area contributed by atoms with Crippen molar-refractivity contribution < 1.29 is 18.0 Å². The van der Waals surface area contributed by atoms with Gasteiger partial charge in [0.15, 0.2) is 0 Å². The third-order valence-electron chi connectivity index (χ3n) is 3.61. The minimum Gasteiger partial charge on any atom is -0.282 e. The number of alkyl halides is 3. The molecule has 0 fully saturated rings. The molecule has 0 unspecified atom stereocenters. The molecule has 0 spiro atoms. The molecule has 0 saturated carbocycles. The summed E-state index contributed by atoms with van der Waals surface area (Å²) >= 11 is 3.26. The maximum absolute atomic E-state index is 13.2. The van der Waals surface area contributed by atoms with Gasteiger partial charge in [0.05, 0.1) is 11.3 Å². The monoisotopic (exact) mass is 435 g/mol. The third kappa shape index (κ3) is 4.85. The first-order valence-electron chi connectivity index (χ1n) is 7.79. The third-order valence-corrected chi connectivity index (χ3v) is 4.11. The van der Waals surface area contributed by atoms with Crippen LogP contribution in [0.4, 0.5) is 19.0 Å². The van der Waals surface area contributed by atoms with Crippen LogP contribution in [0.5, 0.6) is 0 Å². The number of pyridine rings is 1. The zero-order valence-electron chi connectivity index (χ0n) is 13.7. The highest BCUT2D eigenvalue weighted by Gasteiger charge is 2.31. The molecule has 8 heteroatoms. The Morgan fingerprint density at radius 3 is 2.37 bits per heavy atom. The average Bonchev–Trinajstić information content (AvgIpc) is 2.66. The van der Waals surface area contributed by atoms with Gasteiger partial charge in [-0.3, -0.25) is 15.6 Å². The van der Waals surface area contributed by atoms with Crippen molar-refractivity contribution in [2.45, 2.75) is 6.18 Å². The van der Waals surface area contributed by atoms with E-state index in [2.05, 4.69) is 31.8 Å². The van der Waals surface area contributed by atoms with Crippen molar-refractivity contribution >= 4 is 27.7 Å². The molecule has 0 atom stereocenters. The number of hydrazine groups is 1. The van der Waals surface area contributed by atoms with Crippen LogP contribution < -0.4 is 10.9 Å². The number of nitrogens with zero attached hydrogens (tertiary/aromatic N) is 1. The van der Waals surface area contributed by atoms with Gasteiger partial charge in [-0.1, -0.05) is 52.3 Å². The summed E-state index contributed by atoms with van der Waals surface area (Å²) < 4.78 is 40.4. The topological polar surface area (TPSA) is 54.0 Å². The Morgan fingerprint density at radius 2 is 1.70 bits per heavy atom. The highest BCUT2D eigenvalue weighted by Crippen LogP contribution is 2.33. The van der Waals surface area contributed by atoms with Gasteiger partial charge in [-0.05, 0) is 30.3 Å². The van der Waals surface area contributed by atoms with E-state index in [1.165, 1.54) is 0 Å². The Bertz CT molecular complexity index is 962. The minimum absolute atomic E-state index is 0.118. The number of nitrogens with one attached hydrogen (secondary N) is 2. The van der Waals surface area contributed by atoms with Gasteiger partial charge in [0, 0.05) is 15.6 Å². The Balaban J connectivity index is 1.87. The zero-order chi connectivity index (χ0) is 19.4. The summed E-state index contributed by atoms with van der Waals surface area (Å²) in [5.74, 6) is -0.621. The maximum atomic E-state index is 13.2. The lowest BCUT2D eigenvalue weighted by molar-refractivity contribution is -0.137. The molecular weight excluding hydrogens is 423 g/mol. The normalized spacial score (nSPS) is 11.1. The van der Waals surface area contributed by atoms with Crippen LogP contribution in [-0.4, -0.2) is 10.9 Å². The lowest BCUT2D eigenvalue weighted by atomic mass is 10.1. The summed E-state index contributed by atoms with van der Waals surface area (Å²) in [6.45, 7) is 0. The summed E-state index contributed by atoms with van der Waals surface area (Å²) in [5.41, 5.74) is 4.97. The Morgan fingerprint density at radius 1 is 0.963 bits per heavy atom. The van der Waals surface area contributed by atoms with E-state index in [0.29, 0.717) is 15.6 Å². The molecular formula is C19H13BrF3N3O. The smallest absolute Gasteiger partial charge is 0.282 e. The molecule has 3 rings (SSSR count). The van der Waals surface area contributed by atoms with E-state index in [-0.39, 0.29) is 11.5 Å². The first kappa shape index (κ1) is 18.9. The number of carbonyl (C=O) groups is 1. The molecule has 0 radical (unpaired) electrons. The first-order valence-corrected chi connectivity index (χ1v) is 8.59. The van der Waals surface area contributed by atoms with Crippen LogP contribution in [0.2, 0.25) is 0 Å². The number of aromatic nitrogens is 1. The number of hydrogen-bond donors (Lipinski definition) is 2. The molecule has 0 aliphatic heterocycles. The van der Waals surface area contributed by atoms with E-state index < -0.39 is 17.6 Å². The van der Waals surface area contributed by atoms with Crippen molar-refractivity contribution in [3.8, 4) is 11.3 Å². The van der Waals surface area contributed by atoms with Crippen LogP contribution in [0.3, 0.4) is 0 Å². The van der Waals surface area contributed by atoms with Crippen LogP contribution >= 0.6 is 15.9 Å². The molecule has 138 valence electrons. The second kappa shape index (κ2) is 7.79. The largest absolute Gasteiger partial charge is 0.416 e. The van der Waals surface area contributed by atoms with Crippen molar-refractivity contribution in [3.05, 3.63) is 82.3 Å². The fourth-order valence-electron chi connectivity index (χ4n) is 2.34. The van der Waals surface area contributed by atoms with Crippen molar-refractivity contribution in [1.82, 2.24) is 10.4 Å². The molecule has 0 saturated heterocycles. The van der Waals surface area contributed by atoms with Crippen LogP contribution in [-0.2, 0) is 6.18 Å². The highest BCUT2D eigenvalue weighted by atomic mass is 79.9. The van der Waals surface area contributed by atoms with Crippen LogP contribution in [0.1, 0.15) is 15.9 Å². The number of benzene rings is 2. The Hall–Kier alpha value is -2.87. The molecule has 1 heterocycles. The second-order valence-electron chi connectivity index (χ2n) is 5.58. The lowest BCUT2D eigenvalue weighted by Crippen LogP contribution is -2.30. The van der Waals surface area contributed by atoms with Crippen molar-refractivity contribution in [3.63, 3.8) is 0 Å². The van der Waals surface area contributed by atoms with Gasteiger partial charge in [-0.25, -0.2) is 4.98 Å². The van der Waals surface area contributed by atoms with Crippen LogP contribution in [0, 0.1) is 0 Å². The maximum Gasteiger partial charge on any atom is 0.416 e. The molecule has 27 heavy (non-hydrogen) atoms. The van der Waals surface area contributed by atoms with Gasteiger partial charge < -0.3 is 0 Å². The Labute approximate surface area is 161 Å². The molecule has 1 aromatic heterocycles. The van der Waals surface area contributed by atoms with E-state index in [4.69, 9.17) is 0 Å². The van der Waals surface area contributed by atoms with Crippen molar-refractivity contribution in [2.75, 3.05) is 5.43 Å². The van der Waals surface area contributed by atoms with Gasteiger partial charge in [0.1, 0.15) is 5.82 Å². The molecule has 0 aliphatic rings. The molecule has 1 amide bonds. The zero-order valence-corrected chi connectivity index (χ0v) is 15.3. The minimum atomic E-state index is -4.54. The summed E-state index contributed by atoms with van der Waals surface area (Å²) in [7, 11) is 0. The number of amides is 1. The van der Waals surface area contributed by atoms with Gasteiger partial charge >= 0.3 is 6.18 Å². The number of carbonyl (C=O) groups excluding carboxylic acids is 1. The Kier molecular flexibility index (Phi) is 5.46. The van der Waals surface area contributed by atoms with Crippen molar-refractivity contribution in [2.24, 2.45) is 0 Å². The molecule has 0 bridgehead atoms. The van der Waals surface area contributed by atoms with E-state index in [0.717, 1.165) is 12.1 Å². The summed E-state index contributed by atoms with van der Waals surface area (Å²) in [6, 6.07) is 16.9. The number of rotatable bonds is 4. The van der Waals surface area contributed by atoms with Gasteiger partial charge in [-0.15, -0.1) is 0 Å². The summed E-state index contributed by atoms with van der Waals surface area (Å²) in [5, 5.41) is 0. The fourth-order valence-corrected chi connectivity index (χ4v) is 2.74. The quantitative estimate of drug-likeness (QED) is 0.547. The highest BCUT2D eigenvalue weighted by molar-refractivity contribution is 9.10. The average molecular weight is 436 g/mol. The second-order valence-corrected chi connectivity index (χ2v) is 6.50. The van der Waals surface area contributed by atoms with E-state index in [9.17, 15) is 18.0 Å². The van der Waals surface area contributed by atoms with Gasteiger partial charge in [0.25, 0.3) is 5.91 Å². The molecule has 2 N–H and O–H groups in total. The number of hydrogen-bond acceptors (Lipinski definition) is 3. The first-order chi connectivity index (χ1) is 12.8. The summed E-state index contributed by atoms with van der Waals surface area (Å²) in [4.78, 5) is 16.3. The number of halogens is 4.